The van der Waals surface area contributed by atoms with Gasteiger partial charge in [0.05, 0.1) is 34.1 Å². The molecule has 10 heteroatoms. The van der Waals surface area contributed by atoms with Crippen molar-refractivity contribution >= 4 is 58.6 Å². The molecule has 3 N–H and O–H groups in total. The Labute approximate surface area is 242 Å². The maximum Gasteiger partial charge on any atom is 0.258 e. The van der Waals surface area contributed by atoms with Crippen molar-refractivity contribution in [3.05, 3.63) is 105 Å². The van der Waals surface area contributed by atoms with Crippen LogP contribution in [0.25, 0.3) is 0 Å². The summed E-state index contributed by atoms with van der Waals surface area (Å²) in [6.45, 7) is 6.27. The van der Waals surface area contributed by atoms with E-state index in [1.54, 1.807) is 29.3 Å². The van der Waals surface area contributed by atoms with Crippen molar-refractivity contribution in [2.45, 2.75) is 26.8 Å². The molecular formula is C30H28Cl2N6O2. The summed E-state index contributed by atoms with van der Waals surface area (Å²) >= 11 is 12.4. The van der Waals surface area contributed by atoms with Crippen molar-refractivity contribution in [2.24, 2.45) is 16.0 Å². The number of carbonyl (C=O) groups is 2. The van der Waals surface area contributed by atoms with Gasteiger partial charge in [0.2, 0.25) is 5.91 Å². The van der Waals surface area contributed by atoms with E-state index in [1.807, 2.05) is 63.2 Å². The van der Waals surface area contributed by atoms with Crippen LogP contribution >= 0.6 is 23.2 Å². The average molecular weight is 576 g/mol. The summed E-state index contributed by atoms with van der Waals surface area (Å²) in [6.07, 6.45) is 1.46. The van der Waals surface area contributed by atoms with Gasteiger partial charge in [-0.25, -0.2) is 4.99 Å². The summed E-state index contributed by atoms with van der Waals surface area (Å²) in [7, 11) is 0. The maximum absolute atomic E-state index is 13.3. The quantitative estimate of drug-likeness (QED) is 0.317. The molecule has 0 saturated carbocycles. The normalized spacial score (nSPS) is 16.8. The van der Waals surface area contributed by atoms with Crippen LogP contribution < -0.4 is 16.0 Å². The van der Waals surface area contributed by atoms with Crippen LogP contribution in [0.5, 0.6) is 0 Å². The highest BCUT2D eigenvalue weighted by atomic mass is 35.5. The molecule has 2 aliphatic heterocycles. The Hall–Kier alpha value is -4.14. The van der Waals surface area contributed by atoms with Crippen LogP contribution in [-0.4, -0.2) is 35.5 Å². The number of halogens is 2. The number of aryl methyl sites for hydroxylation is 1. The van der Waals surface area contributed by atoms with Crippen molar-refractivity contribution < 1.29 is 9.59 Å². The molecule has 5 rings (SSSR count). The molecule has 0 spiro atoms. The van der Waals surface area contributed by atoms with Crippen molar-refractivity contribution in [3.8, 4) is 0 Å². The fourth-order valence-corrected chi connectivity index (χ4v) is 5.34. The maximum atomic E-state index is 13.3. The van der Waals surface area contributed by atoms with Gasteiger partial charge in [0.1, 0.15) is 12.0 Å². The second-order valence-electron chi connectivity index (χ2n) is 9.72. The molecule has 3 aromatic rings. The minimum atomic E-state index is -0.411. The molecule has 1 unspecified atom stereocenters. The Balaban J connectivity index is 1.34. The van der Waals surface area contributed by atoms with E-state index in [4.69, 9.17) is 23.2 Å². The van der Waals surface area contributed by atoms with Gasteiger partial charge in [-0.3, -0.25) is 14.6 Å². The molecule has 0 aromatic heterocycles. The minimum absolute atomic E-state index is 0.0653. The number of rotatable bonds is 6. The number of amides is 2. The molecule has 0 aliphatic carbocycles. The monoisotopic (exact) mass is 574 g/mol. The van der Waals surface area contributed by atoms with E-state index in [1.165, 1.54) is 6.34 Å². The second-order valence-corrected chi connectivity index (χ2v) is 10.5. The van der Waals surface area contributed by atoms with E-state index < -0.39 is 5.91 Å². The van der Waals surface area contributed by atoms with E-state index in [0.717, 1.165) is 28.1 Å². The van der Waals surface area contributed by atoms with Crippen LogP contribution in [0.3, 0.4) is 0 Å². The van der Waals surface area contributed by atoms with Crippen molar-refractivity contribution in [2.75, 3.05) is 17.2 Å². The van der Waals surface area contributed by atoms with E-state index in [-0.39, 0.29) is 33.5 Å². The molecular weight excluding hydrogens is 547 g/mol. The number of fused-ring (bicyclic) bond motifs is 1. The number of nitrogens with one attached hydrogen (secondary N) is 3. The Bertz CT molecular complexity index is 1550. The Morgan fingerprint density at radius 1 is 1.00 bits per heavy atom. The molecule has 0 radical (unpaired) electrons. The Morgan fingerprint density at radius 2 is 1.73 bits per heavy atom. The lowest BCUT2D eigenvalue weighted by Gasteiger charge is -2.23. The van der Waals surface area contributed by atoms with Gasteiger partial charge in [-0.15, -0.1) is 0 Å². The van der Waals surface area contributed by atoms with Crippen LogP contribution in [0, 0.1) is 12.8 Å². The first-order valence-corrected chi connectivity index (χ1v) is 13.6. The van der Waals surface area contributed by atoms with E-state index in [0.29, 0.717) is 18.1 Å². The molecule has 0 bridgehead atoms. The van der Waals surface area contributed by atoms with Gasteiger partial charge in [0.15, 0.2) is 5.84 Å². The van der Waals surface area contributed by atoms with Crippen LogP contribution in [0.1, 0.15) is 41.4 Å². The number of amidine groups is 1. The molecule has 40 heavy (non-hydrogen) atoms. The van der Waals surface area contributed by atoms with Crippen LogP contribution in [0.15, 0.2) is 88.1 Å². The van der Waals surface area contributed by atoms with E-state index in [9.17, 15) is 9.59 Å². The average Bonchev–Trinajstić information content (AvgIpc) is 3.28. The molecule has 0 saturated heterocycles. The summed E-state index contributed by atoms with van der Waals surface area (Å²) in [5.41, 5.74) is 5.11. The van der Waals surface area contributed by atoms with Gasteiger partial charge in [0, 0.05) is 11.4 Å². The van der Waals surface area contributed by atoms with Gasteiger partial charge >= 0.3 is 0 Å². The SMILES string of the molecule is CC1=C2C(Nc3cc(NC(=O)c4c(Cl)cccc4Cl)ccc3C)=NC=NN2CC1C(=O)N[C@@H](C)c1ccccc1. The number of hydrazone groups is 1. The van der Waals surface area contributed by atoms with Crippen molar-refractivity contribution in [1.29, 1.82) is 0 Å². The van der Waals surface area contributed by atoms with Gasteiger partial charge in [-0.1, -0.05) is 65.7 Å². The first-order chi connectivity index (χ1) is 19.2. The zero-order chi connectivity index (χ0) is 28.4. The zero-order valence-corrected chi connectivity index (χ0v) is 23.7. The molecule has 0 fully saturated rings. The van der Waals surface area contributed by atoms with E-state index in [2.05, 4.69) is 26.0 Å². The predicted octanol–water partition coefficient (Wildman–Crippen LogP) is 6.40. The third kappa shape index (κ3) is 5.59. The van der Waals surface area contributed by atoms with E-state index >= 15 is 0 Å². The summed E-state index contributed by atoms with van der Waals surface area (Å²) in [6, 6.07) is 20.2. The van der Waals surface area contributed by atoms with Gasteiger partial charge in [-0.05, 0) is 61.7 Å². The number of carbonyl (C=O) groups excluding carboxylic acids is 2. The number of hydrogen-bond acceptors (Lipinski definition) is 6. The van der Waals surface area contributed by atoms with Gasteiger partial charge in [0.25, 0.3) is 5.91 Å². The summed E-state index contributed by atoms with van der Waals surface area (Å²) in [4.78, 5) is 30.7. The predicted molar refractivity (Wildman–Crippen MR) is 161 cm³/mol. The van der Waals surface area contributed by atoms with Crippen LogP contribution in [-0.2, 0) is 4.79 Å². The lowest BCUT2D eigenvalue weighted by molar-refractivity contribution is -0.124. The number of benzene rings is 3. The highest BCUT2D eigenvalue weighted by Gasteiger charge is 2.37. The lowest BCUT2D eigenvalue weighted by Crippen LogP contribution is -2.35. The molecule has 2 amide bonds. The Morgan fingerprint density at radius 3 is 2.45 bits per heavy atom. The standard InChI is InChI=1S/C30H28Cl2N6O2/c1-17-12-13-21(36-30(40)26-23(31)10-7-11-24(26)32)14-25(17)37-28-27-18(2)22(15-38(27)34-16-33-28)29(39)35-19(3)20-8-5-4-6-9-20/h4-14,16,19,22H,15H2,1-3H3,(H,35,39)(H,36,40)(H,33,34,37)/t19-,22?/m0/s1. The summed E-state index contributed by atoms with van der Waals surface area (Å²) in [5.74, 6) is -0.286. The highest BCUT2D eigenvalue weighted by molar-refractivity contribution is 6.40. The molecule has 2 aliphatic rings. The first-order valence-electron chi connectivity index (χ1n) is 12.8. The number of hydrogen-bond donors (Lipinski definition) is 3. The zero-order valence-electron chi connectivity index (χ0n) is 22.2. The first kappa shape index (κ1) is 27.4. The van der Waals surface area contributed by atoms with Gasteiger partial charge < -0.3 is 16.0 Å². The number of nitrogens with zero attached hydrogens (tertiary/aromatic N) is 3. The fraction of sp³-hybridized carbons (Fsp3) is 0.200. The topological polar surface area (TPSA) is 98.2 Å². The summed E-state index contributed by atoms with van der Waals surface area (Å²) in [5, 5.41) is 16.1. The molecule has 8 nitrogen and oxygen atoms in total. The van der Waals surface area contributed by atoms with Crippen LogP contribution in [0.4, 0.5) is 11.4 Å². The van der Waals surface area contributed by atoms with Crippen molar-refractivity contribution in [3.63, 3.8) is 0 Å². The second kappa shape index (κ2) is 11.5. The fourth-order valence-electron chi connectivity index (χ4n) is 4.77. The third-order valence-corrected chi connectivity index (χ3v) is 7.66. The molecule has 2 heterocycles. The van der Waals surface area contributed by atoms with Gasteiger partial charge in [-0.2, -0.15) is 5.10 Å². The molecule has 204 valence electrons. The van der Waals surface area contributed by atoms with Crippen molar-refractivity contribution in [1.82, 2.24) is 10.3 Å². The molecule has 3 aromatic carbocycles. The van der Waals surface area contributed by atoms with Crippen LogP contribution in [0.2, 0.25) is 10.0 Å². The Kier molecular flexibility index (Phi) is 7.91. The third-order valence-electron chi connectivity index (χ3n) is 7.03. The highest BCUT2D eigenvalue weighted by Crippen LogP contribution is 2.33. The smallest absolute Gasteiger partial charge is 0.258 e. The molecule has 2 atom stereocenters. The summed E-state index contributed by atoms with van der Waals surface area (Å²) < 4.78 is 0. The number of anilines is 2. The minimum Gasteiger partial charge on any atom is -0.349 e. The number of aliphatic imine (C=N–C) groups is 1. The largest absolute Gasteiger partial charge is 0.349 e. The lowest BCUT2D eigenvalue weighted by atomic mass is 10.00.